The zero-order chi connectivity index (χ0) is 22.3. The fraction of sp³-hybridized carbons (Fsp3) is 0.667. The first-order valence-corrected chi connectivity index (χ1v) is 11.4. The molecule has 0 spiro atoms. The van der Waals surface area contributed by atoms with E-state index in [1.54, 1.807) is 0 Å². The summed E-state index contributed by atoms with van der Waals surface area (Å²) in [7, 11) is 0. The van der Waals surface area contributed by atoms with Gasteiger partial charge in [-0.15, -0.1) is 0 Å². The number of unbranched alkanes of at least 4 members (excludes halogenated alkanes) is 4. The first-order valence-electron chi connectivity index (χ1n) is 11.4. The molecule has 0 saturated carbocycles. The Balaban J connectivity index is 1.92. The second-order valence-corrected chi connectivity index (χ2v) is 7.64. The lowest BCUT2D eigenvalue weighted by atomic mass is 10.1. The third-order valence-corrected chi connectivity index (χ3v) is 4.97. The maximum atomic E-state index is 8.66. The minimum absolute atomic E-state index is 0.0258. The van der Waals surface area contributed by atoms with Gasteiger partial charge in [-0.1, -0.05) is 44.7 Å². The van der Waals surface area contributed by atoms with Gasteiger partial charge in [-0.3, -0.25) is 0 Å². The molecule has 0 saturated heterocycles. The van der Waals surface area contributed by atoms with Gasteiger partial charge < -0.3 is 24.1 Å². The van der Waals surface area contributed by atoms with E-state index < -0.39 is 0 Å². The average molecular weight is 435 g/mol. The highest BCUT2D eigenvalue weighted by Gasteiger charge is 2.13. The van der Waals surface area contributed by atoms with Crippen molar-refractivity contribution >= 4 is 11.0 Å². The number of hydrogen-bond acceptors (Lipinski definition) is 7. The number of aromatic nitrogens is 2. The summed E-state index contributed by atoms with van der Waals surface area (Å²) in [6, 6.07) is 4.14. The number of hydrogen-bond donors (Lipinski definition) is 1. The summed E-state index contributed by atoms with van der Waals surface area (Å²) in [6.07, 6.45) is 5.92. The van der Waals surface area contributed by atoms with Crippen LogP contribution in [0.2, 0.25) is 0 Å². The summed E-state index contributed by atoms with van der Waals surface area (Å²) < 4.78 is 22.4. The van der Waals surface area contributed by atoms with Crippen molar-refractivity contribution < 1.29 is 24.1 Å². The third kappa shape index (κ3) is 9.07. The quantitative estimate of drug-likeness (QED) is 0.375. The van der Waals surface area contributed by atoms with Crippen LogP contribution in [0.25, 0.3) is 11.0 Å². The Morgan fingerprint density at radius 3 is 2.03 bits per heavy atom. The number of aryl methyl sites for hydroxylation is 2. The van der Waals surface area contributed by atoms with Crippen LogP contribution in [0.15, 0.2) is 12.1 Å². The van der Waals surface area contributed by atoms with Gasteiger partial charge in [0.1, 0.15) is 5.69 Å². The van der Waals surface area contributed by atoms with Gasteiger partial charge in [-0.05, 0) is 31.4 Å². The van der Waals surface area contributed by atoms with E-state index >= 15 is 0 Å². The molecule has 1 aromatic carbocycles. The zero-order valence-corrected chi connectivity index (χ0v) is 19.3. The molecule has 2 aromatic rings. The first-order chi connectivity index (χ1) is 15.2. The molecule has 7 heteroatoms. The molecule has 1 aromatic heterocycles. The van der Waals surface area contributed by atoms with Gasteiger partial charge in [0.05, 0.1) is 63.9 Å². The summed E-state index contributed by atoms with van der Waals surface area (Å²) >= 11 is 0. The van der Waals surface area contributed by atoms with Crippen molar-refractivity contribution in [2.45, 2.75) is 59.5 Å². The van der Waals surface area contributed by atoms with Crippen LogP contribution in [-0.4, -0.2) is 61.3 Å². The first kappa shape index (κ1) is 25.5. The van der Waals surface area contributed by atoms with Crippen LogP contribution in [-0.2, 0) is 20.8 Å². The lowest BCUT2D eigenvalue weighted by molar-refractivity contribution is 0.00368. The van der Waals surface area contributed by atoms with Crippen LogP contribution in [0.4, 0.5) is 0 Å². The molecule has 0 aliphatic heterocycles. The molecule has 1 heterocycles. The average Bonchev–Trinajstić information content (AvgIpc) is 2.78. The van der Waals surface area contributed by atoms with Gasteiger partial charge in [0.15, 0.2) is 0 Å². The summed E-state index contributed by atoms with van der Waals surface area (Å²) in [6.45, 7) is 9.48. The maximum Gasteiger partial charge on any atom is 0.238 e. The Kier molecular flexibility index (Phi) is 12.4. The van der Waals surface area contributed by atoms with Crippen molar-refractivity contribution in [3.8, 4) is 5.88 Å². The maximum absolute atomic E-state index is 8.66. The predicted octanol–water partition coefficient (Wildman–Crippen LogP) is 4.14. The van der Waals surface area contributed by atoms with Gasteiger partial charge in [0.25, 0.3) is 0 Å². The van der Waals surface area contributed by atoms with E-state index in [-0.39, 0.29) is 6.61 Å². The molecule has 0 bridgehead atoms. The molecule has 1 N–H and O–H groups in total. The number of nitrogens with zero attached hydrogens (tertiary/aromatic N) is 2. The van der Waals surface area contributed by atoms with Gasteiger partial charge in [0.2, 0.25) is 5.88 Å². The summed E-state index contributed by atoms with van der Waals surface area (Å²) in [4.78, 5) is 9.63. The Labute approximate surface area is 186 Å². The van der Waals surface area contributed by atoms with Gasteiger partial charge in [0, 0.05) is 0 Å². The number of aliphatic hydroxyl groups is 1. The highest BCUT2D eigenvalue weighted by molar-refractivity contribution is 5.81. The molecular formula is C24H38N2O5. The fourth-order valence-corrected chi connectivity index (χ4v) is 3.17. The van der Waals surface area contributed by atoms with Crippen molar-refractivity contribution in [3.63, 3.8) is 0 Å². The summed E-state index contributed by atoms with van der Waals surface area (Å²) in [5.41, 5.74) is 4.68. The van der Waals surface area contributed by atoms with E-state index in [1.165, 1.54) is 19.3 Å². The van der Waals surface area contributed by atoms with E-state index in [0.29, 0.717) is 52.1 Å². The van der Waals surface area contributed by atoms with Crippen LogP contribution < -0.4 is 4.74 Å². The lowest BCUT2D eigenvalue weighted by Gasteiger charge is -2.14. The number of rotatable bonds is 17. The van der Waals surface area contributed by atoms with Gasteiger partial charge >= 0.3 is 0 Å². The summed E-state index contributed by atoms with van der Waals surface area (Å²) in [5, 5.41) is 8.66. The molecule has 31 heavy (non-hydrogen) atoms. The monoisotopic (exact) mass is 434 g/mol. The molecule has 0 fully saturated rings. The second kappa shape index (κ2) is 15.1. The smallest absolute Gasteiger partial charge is 0.238 e. The highest BCUT2D eigenvalue weighted by atomic mass is 16.5. The van der Waals surface area contributed by atoms with Crippen molar-refractivity contribution in [1.29, 1.82) is 0 Å². The van der Waals surface area contributed by atoms with Crippen LogP contribution in [0.5, 0.6) is 5.88 Å². The lowest BCUT2D eigenvalue weighted by Crippen LogP contribution is -2.12. The van der Waals surface area contributed by atoms with Crippen molar-refractivity contribution in [2.75, 3.05) is 46.2 Å². The molecule has 0 atom stereocenters. The van der Waals surface area contributed by atoms with E-state index in [9.17, 15) is 0 Å². The zero-order valence-electron chi connectivity index (χ0n) is 19.3. The largest absolute Gasteiger partial charge is 0.476 e. The van der Waals surface area contributed by atoms with E-state index in [0.717, 1.165) is 40.7 Å². The standard InChI is InChI=1S/C24H38N2O5/c1-4-5-6-7-8-12-31-24-21(18-30-17-16-29-15-14-28-13-11-27)25-22-19(2)9-10-20(3)23(22)26-24/h9-10,27H,4-8,11-18H2,1-3H3. The van der Waals surface area contributed by atoms with Gasteiger partial charge in [-0.25, -0.2) is 9.97 Å². The van der Waals surface area contributed by atoms with Crippen molar-refractivity contribution in [1.82, 2.24) is 9.97 Å². The Morgan fingerprint density at radius 1 is 0.742 bits per heavy atom. The van der Waals surface area contributed by atoms with E-state index in [1.807, 2.05) is 13.8 Å². The number of benzene rings is 1. The van der Waals surface area contributed by atoms with Crippen LogP contribution in [0, 0.1) is 13.8 Å². The Hall–Kier alpha value is -1.80. The van der Waals surface area contributed by atoms with Crippen LogP contribution in [0.1, 0.15) is 55.8 Å². The van der Waals surface area contributed by atoms with Crippen molar-refractivity contribution in [3.05, 3.63) is 29.0 Å². The fourth-order valence-electron chi connectivity index (χ4n) is 3.17. The molecule has 174 valence electrons. The Bertz CT molecular complexity index is 769. The van der Waals surface area contributed by atoms with Gasteiger partial charge in [-0.2, -0.15) is 0 Å². The highest BCUT2D eigenvalue weighted by Crippen LogP contribution is 2.25. The minimum atomic E-state index is 0.0258. The predicted molar refractivity (Wildman–Crippen MR) is 122 cm³/mol. The normalized spacial score (nSPS) is 11.4. The Morgan fingerprint density at radius 2 is 1.35 bits per heavy atom. The molecular weight excluding hydrogens is 396 g/mol. The number of aliphatic hydroxyl groups excluding tert-OH is 1. The molecule has 0 aliphatic rings. The topological polar surface area (TPSA) is 82.9 Å². The second-order valence-electron chi connectivity index (χ2n) is 7.64. The number of ether oxygens (including phenoxy) is 4. The molecule has 0 radical (unpaired) electrons. The van der Waals surface area contributed by atoms with Crippen LogP contribution in [0.3, 0.4) is 0 Å². The molecule has 0 amide bonds. The summed E-state index contributed by atoms with van der Waals surface area (Å²) in [5.74, 6) is 0.565. The molecule has 0 unspecified atom stereocenters. The number of fused-ring (bicyclic) bond motifs is 1. The molecule has 7 nitrogen and oxygen atoms in total. The van der Waals surface area contributed by atoms with Crippen LogP contribution >= 0.6 is 0 Å². The molecule has 2 rings (SSSR count). The van der Waals surface area contributed by atoms with E-state index in [4.69, 9.17) is 34.0 Å². The molecule has 0 aliphatic carbocycles. The SMILES string of the molecule is CCCCCCCOc1nc2c(C)ccc(C)c2nc1COCCOCCOCCO. The van der Waals surface area contributed by atoms with E-state index in [2.05, 4.69) is 19.1 Å². The van der Waals surface area contributed by atoms with Crippen molar-refractivity contribution in [2.24, 2.45) is 0 Å². The minimum Gasteiger partial charge on any atom is -0.476 e. The third-order valence-electron chi connectivity index (χ3n) is 4.97.